The van der Waals surface area contributed by atoms with E-state index in [2.05, 4.69) is 4.98 Å². The Labute approximate surface area is 138 Å². The Bertz CT molecular complexity index is 772. The molecule has 2 N–H and O–H groups in total. The van der Waals surface area contributed by atoms with Crippen molar-refractivity contribution in [3.63, 3.8) is 0 Å². The molecule has 2 aromatic rings. The molecule has 0 fully saturated rings. The number of esters is 1. The van der Waals surface area contributed by atoms with Gasteiger partial charge in [0.15, 0.2) is 5.69 Å². The molecule has 7 heteroatoms. The number of carbonyl (C=O) groups excluding carboxylic acids is 1. The molecule has 0 amide bonds. The maximum atomic E-state index is 12.2. The topological polar surface area (TPSA) is 106 Å². The first-order valence-corrected chi connectivity index (χ1v) is 7.15. The van der Waals surface area contributed by atoms with Gasteiger partial charge in [-0.05, 0) is 31.2 Å². The molecule has 0 unspecified atom stereocenters. The van der Waals surface area contributed by atoms with Crippen LogP contribution in [0.4, 0.5) is 0 Å². The molecule has 0 radical (unpaired) electrons. The Morgan fingerprint density at radius 2 is 1.92 bits per heavy atom. The van der Waals surface area contributed by atoms with Crippen LogP contribution in [0, 0.1) is 6.92 Å². The Morgan fingerprint density at radius 3 is 2.54 bits per heavy atom. The van der Waals surface area contributed by atoms with Crippen LogP contribution in [-0.4, -0.2) is 47.5 Å². The Kier molecular flexibility index (Phi) is 5.49. The highest BCUT2D eigenvalue weighted by molar-refractivity contribution is 6.01. The van der Waals surface area contributed by atoms with Gasteiger partial charge in [0.25, 0.3) is 0 Å². The monoisotopic (exact) mass is 331 g/mol. The summed E-state index contributed by atoms with van der Waals surface area (Å²) in [6.07, 6.45) is 0. The molecule has 24 heavy (non-hydrogen) atoms. The van der Waals surface area contributed by atoms with E-state index in [1.165, 1.54) is 25.3 Å². The zero-order chi connectivity index (χ0) is 17.7. The number of aliphatic hydroxyl groups excluding tert-OH is 1. The molecule has 126 valence electrons. The quantitative estimate of drug-likeness (QED) is 0.779. The minimum atomic E-state index is -1.14. The molecule has 0 bridgehead atoms. The molecule has 0 aliphatic rings. The zero-order valence-electron chi connectivity index (χ0n) is 13.3. The lowest BCUT2D eigenvalue weighted by atomic mass is 9.97. The van der Waals surface area contributed by atoms with E-state index in [4.69, 9.17) is 14.6 Å². The number of carbonyl (C=O) groups is 2. The van der Waals surface area contributed by atoms with Gasteiger partial charge in [-0.1, -0.05) is 6.07 Å². The number of carboxylic acid groups (broad SMARTS) is 1. The van der Waals surface area contributed by atoms with Crippen molar-refractivity contribution in [2.24, 2.45) is 0 Å². The zero-order valence-corrected chi connectivity index (χ0v) is 13.3. The first-order chi connectivity index (χ1) is 11.5. The highest BCUT2D eigenvalue weighted by Crippen LogP contribution is 2.30. The van der Waals surface area contributed by atoms with Crippen molar-refractivity contribution in [3.8, 4) is 16.9 Å². The lowest BCUT2D eigenvalue weighted by molar-refractivity contribution is 0.0427. The number of aliphatic hydroxyl groups is 1. The van der Waals surface area contributed by atoms with Gasteiger partial charge in [-0.25, -0.2) is 14.6 Å². The summed E-state index contributed by atoms with van der Waals surface area (Å²) in [5.74, 6) is -1.42. The third kappa shape index (κ3) is 3.69. The first-order valence-electron chi connectivity index (χ1n) is 7.15. The van der Waals surface area contributed by atoms with Crippen LogP contribution in [0.1, 0.15) is 26.5 Å². The molecular weight excluding hydrogens is 314 g/mol. The highest BCUT2D eigenvalue weighted by Gasteiger charge is 2.21. The van der Waals surface area contributed by atoms with E-state index < -0.39 is 11.9 Å². The molecule has 0 aliphatic carbocycles. The Balaban J connectivity index is 2.63. The van der Waals surface area contributed by atoms with E-state index in [-0.39, 0.29) is 24.5 Å². The second-order valence-electron chi connectivity index (χ2n) is 4.92. The normalized spacial score (nSPS) is 10.3. The fourth-order valence-electron chi connectivity index (χ4n) is 2.20. The summed E-state index contributed by atoms with van der Waals surface area (Å²) in [5, 5.41) is 18.2. The SMILES string of the molecule is COc1ccc(C(=O)O)c(-c2ccc(C)nc2C(=O)OCCO)c1. The van der Waals surface area contributed by atoms with Crippen molar-refractivity contribution in [1.82, 2.24) is 4.98 Å². The molecule has 0 atom stereocenters. The van der Waals surface area contributed by atoms with Crippen molar-refractivity contribution in [1.29, 1.82) is 0 Å². The summed E-state index contributed by atoms with van der Waals surface area (Å²) in [4.78, 5) is 27.9. The minimum Gasteiger partial charge on any atom is -0.497 e. The van der Waals surface area contributed by atoms with Crippen LogP contribution in [0.2, 0.25) is 0 Å². The van der Waals surface area contributed by atoms with Crippen molar-refractivity contribution in [2.45, 2.75) is 6.92 Å². The van der Waals surface area contributed by atoms with Crippen LogP contribution < -0.4 is 4.74 Å². The van der Waals surface area contributed by atoms with E-state index in [0.717, 1.165) is 0 Å². The van der Waals surface area contributed by atoms with E-state index in [0.29, 0.717) is 22.6 Å². The molecule has 1 aromatic heterocycles. The number of aromatic carboxylic acids is 1. The number of benzene rings is 1. The predicted molar refractivity (Wildman–Crippen MR) is 85.3 cm³/mol. The van der Waals surface area contributed by atoms with Crippen molar-refractivity contribution in [2.75, 3.05) is 20.3 Å². The number of methoxy groups -OCH3 is 1. The van der Waals surface area contributed by atoms with Crippen molar-refractivity contribution < 1.29 is 29.3 Å². The second kappa shape index (κ2) is 7.56. The van der Waals surface area contributed by atoms with Crippen molar-refractivity contribution >= 4 is 11.9 Å². The van der Waals surface area contributed by atoms with E-state index in [1.807, 2.05) is 0 Å². The summed E-state index contributed by atoms with van der Waals surface area (Å²) < 4.78 is 10.1. The maximum absolute atomic E-state index is 12.2. The van der Waals surface area contributed by atoms with Crippen LogP contribution in [0.3, 0.4) is 0 Å². The van der Waals surface area contributed by atoms with E-state index >= 15 is 0 Å². The smallest absolute Gasteiger partial charge is 0.357 e. The number of pyridine rings is 1. The van der Waals surface area contributed by atoms with Crippen LogP contribution in [0.15, 0.2) is 30.3 Å². The fourth-order valence-corrected chi connectivity index (χ4v) is 2.20. The summed E-state index contributed by atoms with van der Waals surface area (Å²) in [7, 11) is 1.46. The Hall–Kier alpha value is -2.93. The number of nitrogens with zero attached hydrogens (tertiary/aromatic N) is 1. The largest absolute Gasteiger partial charge is 0.497 e. The van der Waals surface area contributed by atoms with E-state index in [1.54, 1.807) is 19.1 Å². The lowest BCUT2D eigenvalue weighted by Gasteiger charge is -2.13. The standard InChI is InChI=1S/C17H17NO6/c1-10-3-5-12(15(18-10)17(22)24-8-7-19)14-9-11(23-2)4-6-13(14)16(20)21/h3-6,9,19H,7-8H2,1-2H3,(H,20,21). The second-order valence-corrected chi connectivity index (χ2v) is 4.92. The summed E-state index contributed by atoms with van der Waals surface area (Å²) in [6.45, 7) is 1.22. The van der Waals surface area contributed by atoms with Gasteiger partial charge < -0.3 is 19.7 Å². The van der Waals surface area contributed by atoms with Gasteiger partial charge in [-0.2, -0.15) is 0 Å². The molecule has 1 aromatic carbocycles. The number of hydrogen-bond acceptors (Lipinski definition) is 6. The van der Waals surface area contributed by atoms with Gasteiger partial charge in [0.05, 0.1) is 19.3 Å². The molecule has 0 spiro atoms. The number of rotatable bonds is 6. The molecule has 7 nitrogen and oxygen atoms in total. The van der Waals surface area contributed by atoms with Gasteiger partial charge >= 0.3 is 11.9 Å². The number of hydrogen-bond donors (Lipinski definition) is 2. The van der Waals surface area contributed by atoms with Gasteiger partial charge in [0.2, 0.25) is 0 Å². The van der Waals surface area contributed by atoms with Crippen LogP contribution >= 0.6 is 0 Å². The number of carboxylic acids is 1. The first kappa shape index (κ1) is 17.4. The molecular formula is C17H17NO6. The fraction of sp³-hybridized carbons (Fsp3) is 0.235. The van der Waals surface area contributed by atoms with Crippen LogP contribution in [0.25, 0.3) is 11.1 Å². The molecule has 1 heterocycles. The highest BCUT2D eigenvalue weighted by atomic mass is 16.5. The molecule has 2 rings (SSSR count). The third-order valence-electron chi connectivity index (χ3n) is 3.30. The summed E-state index contributed by atoms with van der Waals surface area (Å²) >= 11 is 0. The Morgan fingerprint density at radius 1 is 1.17 bits per heavy atom. The summed E-state index contributed by atoms with van der Waals surface area (Å²) in [6, 6.07) is 7.73. The summed E-state index contributed by atoms with van der Waals surface area (Å²) in [5.41, 5.74) is 1.19. The van der Waals surface area contributed by atoms with Crippen molar-refractivity contribution in [3.05, 3.63) is 47.3 Å². The number of aryl methyl sites for hydroxylation is 1. The van der Waals surface area contributed by atoms with Gasteiger partial charge in [0, 0.05) is 16.8 Å². The minimum absolute atomic E-state index is 0.0117. The molecule has 0 aliphatic heterocycles. The number of ether oxygens (including phenoxy) is 2. The average Bonchev–Trinajstić information content (AvgIpc) is 2.58. The van der Waals surface area contributed by atoms with Crippen LogP contribution in [-0.2, 0) is 4.74 Å². The predicted octanol–water partition coefficient (Wildman–Crippen LogP) is 1.91. The van der Waals surface area contributed by atoms with Gasteiger partial charge in [0.1, 0.15) is 12.4 Å². The lowest BCUT2D eigenvalue weighted by Crippen LogP contribution is -2.13. The van der Waals surface area contributed by atoms with Crippen LogP contribution in [0.5, 0.6) is 5.75 Å². The van der Waals surface area contributed by atoms with Gasteiger partial charge in [-0.15, -0.1) is 0 Å². The van der Waals surface area contributed by atoms with E-state index in [9.17, 15) is 14.7 Å². The van der Waals surface area contributed by atoms with Gasteiger partial charge in [-0.3, -0.25) is 0 Å². The molecule has 0 saturated carbocycles. The molecule has 0 saturated heterocycles. The number of aromatic nitrogens is 1. The average molecular weight is 331 g/mol. The maximum Gasteiger partial charge on any atom is 0.357 e. The third-order valence-corrected chi connectivity index (χ3v) is 3.30.